The Hall–Kier alpha value is -1.02. The molecule has 0 amide bonds. The molecule has 1 aromatic carbocycles. The zero-order valence-corrected chi connectivity index (χ0v) is 9.04. The summed E-state index contributed by atoms with van der Waals surface area (Å²) >= 11 is 5.75. The van der Waals surface area contributed by atoms with E-state index < -0.39 is 0 Å². The van der Waals surface area contributed by atoms with Crippen LogP contribution in [0.5, 0.6) is 0 Å². The van der Waals surface area contributed by atoms with Gasteiger partial charge in [0.1, 0.15) is 6.10 Å². The van der Waals surface area contributed by atoms with Gasteiger partial charge in [0, 0.05) is 18.4 Å². The van der Waals surface area contributed by atoms with Gasteiger partial charge in [-0.1, -0.05) is 23.7 Å². The maximum Gasteiger partial charge on any atom is 0.302 e. The molecule has 0 aliphatic carbocycles. The van der Waals surface area contributed by atoms with Crippen molar-refractivity contribution in [3.63, 3.8) is 0 Å². The van der Waals surface area contributed by atoms with Gasteiger partial charge in [-0.25, -0.2) is 0 Å². The molecule has 0 spiro atoms. The van der Waals surface area contributed by atoms with Crippen LogP contribution in [0.1, 0.15) is 19.4 Å². The molecular formula is C11H13ClO2. The number of rotatable bonds is 3. The zero-order chi connectivity index (χ0) is 10.6. The third-order valence-corrected chi connectivity index (χ3v) is 2.06. The molecule has 0 aromatic heterocycles. The van der Waals surface area contributed by atoms with Crippen molar-refractivity contribution in [2.75, 3.05) is 0 Å². The van der Waals surface area contributed by atoms with Crippen molar-refractivity contribution in [2.24, 2.45) is 0 Å². The van der Waals surface area contributed by atoms with Gasteiger partial charge in [-0.3, -0.25) is 4.79 Å². The molecule has 0 aliphatic rings. The first-order valence-electron chi connectivity index (χ1n) is 4.49. The van der Waals surface area contributed by atoms with Crippen LogP contribution in [0, 0.1) is 0 Å². The minimum absolute atomic E-state index is 0.0892. The molecule has 0 saturated heterocycles. The van der Waals surface area contributed by atoms with E-state index in [1.807, 2.05) is 31.2 Å². The number of ether oxygens (including phenoxy) is 1. The Morgan fingerprint density at radius 1 is 1.43 bits per heavy atom. The van der Waals surface area contributed by atoms with Crippen LogP contribution in [0.15, 0.2) is 24.3 Å². The predicted octanol–water partition coefficient (Wildman–Crippen LogP) is 2.83. The fourth-order valence-corrected chi connectivity index (χ4v) is 1.40. The number of halogens is 1. The monoisotopic (exact) mass is 212 g/mol. The van der Waals surface area contributed by atoms with E-state index in [-0.39, 0.29) is 12.1 Å². The average Bonchev–Trinajstić information content (AvgIpc) is 2.07. The maximum absolute atomic E-state index is 10.7. The van der Waals surface area contributed by atoms with Crippen molar-refractivity contribution in [1.29, 1.82) is 0 Å². The Morgan fingerprint density at radius 3 is 2.50 bits per heavy atom. The normalized spacial score (nSPS) is 12.2. The average molecular weight is 213 g/mol. The van der Waals surface area contributed by atoms with Crippen LogP contribution in [0.2, 0.25) is 5.02 Å². The second-order valence-electron chi connectivity index (χ2n) is 3.25. The fourth-order valence-electron chi connectivity index (χ4n) is 1.28. The van der Waals surface area contributed by atoms with Crippen LogP contribution in [0.4, 0.5) is 0 Å². The van der Waals surface area contributed by atoms with Gasteiger partial charge in [0.05, 0.1) is 0 Å². The highest BCUT2D eigenvalue weighted by Crippen LogP contribution is 2.11. The van der Waals surface area contributed by atoms with Crippen LogP contribution < -0.4 is 0 Å². The molecule has 0 heterocycles. The Balaban J connectivity index is 2.51. The van der Waals surface area contributed by atoms with Crippen molar-refractivity contribution >= 4 is 17.6 Å². The topological polar surface area (TPSA) is 26.3 Å². The van der Waals surface area contributed by atoms with Gasteiger partial charge in [-0.2, -0.15) is 0 Å². The van der Waals surface area contributed by atoms with Gasteiger partial charge in [0.15, 0.2) is 0 Å². The highest BCUT2D eigenvalue weighted by atomic mass is 35.5. The molecule has 2 nitrogen and oxygen atoms in total. The van der Waals surface area contributed by atoms with Gasteiger partial charge in [-0.05, 0) is 24.6 Å². The summed E-state index contributed by atoms with van der Waals surface area (Å²) in [5, 5.41) is 0.717. The van der Waals surface area contributed by atoms with Crippen LogP contribution in [-0.4, -0.2) is 12.1 Å². The summed E-state index contributed by atoms with van der Waals surface area (Å²) in [4.78, 5) is 10.7. The van der Waals surface area contributed by atoms with E-state index in [1.54, 1.807) is 0 Å². The summed E-state index contributed by atoms with van der Waals surface area (Å²) < 4.78 is 5.01. The second kappa shape index (κ2) is 5.01. The summed E-state index contributed by atoms with van der Waals surface area (Å²) in [5.41, 5.74) is 1.11. The van der Waals surface area contributed by atoms with Crippen LogP contribution in [0.3, 0.4) is 0 Å². The molecular weight excluding hydrogens is 200 g/mol. The molecule has 1 unspecified atom stereocenters. The van der Waals surface area contributed by atoms with E-state index >= 15 is 0 Å². The molecule has 1 aromatic rings. The minimum Gasteiger partial charge on any atom is -0.463 e. The Labute approximate surface area is 88.8 Å². The third-order valence-electron chi connectivity index (χ3n) is 1.80. The number of benzene rings is 1. The standard InChI is InChI=1S/C11H13ClO2/c1-8(14-9(2)13)7-10-3-5-11(12)6-4-10/h3-6,8H,7H2,1-2H3. The number of carbonyl (C=O) groups excluding carboxylic acids is 1. The summed E-state index contributed by atoms with van der Waals surface area (Å²) in [7, 11) is 0. The molecule has 0 aliphatic heterocycles. The van der Waals surface area contributed by atoms with Gasteiger partial charge < -0.3 is 4.74 Å². The van der Waals surface area contributed by atoms with E-state index in [2.05, 4.69) is 0 Å². The van der Waals surface area contributed by atoms with E-state index in [1.165, 1.54) is 6.92 Å². The van der Waals surface area contributed by atoms with Crippen molar-refractivity contribution in [1.82, 2.24) is 0 Å². The Bertz CT molecular complexity index is 306. The van der Waals surface area contributed by atoms with E-state index in [0.29, 0.717) is 5.02 Å². The Morgan fingerprint density at radius 2 is 2.00 bits per heavy atom. The van der Waals surface area contributed by atoms with Crippen molar-refractivity contribution in [3.8, 4) is 0 Å². The molecule has 0 bridgehead atoms. The van der Waals surface area contributed by atoms with Crippen LogP contribution in [0.25, 0.3) is 0 Å². The fraction of sp³-hybridized carbons (Fsp3) is 0.364. The SMILES string of the molecule is CC(=O)OC(C)Cc1ccc(Cl)cc1. The molecule has 0 radical (unpaired) electrons. The van der Waals surface area contributed by atoms with Crippen molar-refractivity contribution in [2.45, 2.75) is 26.4 Å². The quantitative estimate of drug-likeness (QED) is 0.721. The van der Waals surface area contributed by atoms with Crippen molar-refractivity contribution < 1.29 is 9.53 Å². The first kappa shape index (κ1) is 11.1. The van der Waals surface area contributed by atoms with E-state index in [4.69, 9.17) is 16.3 Å². The minimum atomic E-state index is -0.244. The molecule has 0 saturated carbocycles. The van der Waals surface area contributed by atoms with Gasteiger partial charge in [-0.15, -0.1) is 0 Å². The predicted molar refractivity (Wildman–Crippen MR) is 56.4 cm³/mol. The molecule has 3 heteroatoms. The molecule has 0 fully saturated rings. The maximum atomic E-state index is 10.7. The van der Waals surface area contributed by atoms with Crippen LogP contribution in [-0.2, 0) is 16.0 Å². The highest BCUT2D eigenvalue weighted by Gasteiger charge is 2.05. The van der Waals surface area contributed by atoms with Gasteiger partial charge in [0.25, 0.3) is 0 Å². The molecule has 14 heavy (non-hydrogen) atoms. The second-order valence-corrected chi connectivity index (χ2v) is 3.69. The summed E-state index contributed by atoms with van der Waals surface area (Å²) in [6.07, 6.45) is 0.630. The Kier molecular flexibility index (Phi) is 3.96. The number of hydrogen-bond acceptors (Lipinski definition) is 2. The number of carbonyl (C=O) groups is 1. The summed E-state index contributed by atoms with van der Waals surface area (Å²) in [6, 6.07) is 7.53. The first-order chi connectivity index (χ1) is 6.58. The third kappa shape index (κ3) is 3.79. The molecule has 1 rings (SSSR count). The number of hydrogen-bond donors (Lipinski definition) is 0. The smallest absolute Gasteiger partial charge is 0.302 e. The lowest BCUT2D eigenvalue weighted by molar-refractivity contribution is -0.145. The summed E-state index contributed by atoms with van der Waals surface area (Å²) in [6.45, 7) is 3.29. The highest BCUT2D eigenvalue weighted by molar-refractivity contribution is 6.30. The lowest BCUT2D eigenvalue weighted by atomic mass is 10.1. The lowest BCUT2D eigenvalue weighted by Gasteiger charge is -2.11. The number of esters is 1. The summed E-state index contributed by atoms with van der Waals surface area (Å²) in [5.74, 6) is -0.244. The molecule has 0 N–H and O–H groups in total. The molecule has 76 valence electrons. The largest absolute Gasteiger partial charge is 0.463 e. The zero-order valence-electron chi connectivity index (χ0n) is 8.29. The van der Waals surface area contributed by atoms with Gasteiger partial charge >= 0.3 is 5.97 Å². The van der Waals surface area contributed by atoms with Crippen LogP contribution >= 0.6 is 11.6 Å². The first-order valence-corrected chi connectivity index (χ1v) is 4.87. The molecule has 1 atom stereocenters. The van der Waals surface area contributed by atoms with Crippen molar-refractivity contribution in [3.05, 3.63) is 34.9 Å². The van der Waals surface area contributed by atoms with Gasteiger partial charge in [0.2, 0.25) is 0 Å². The van der Waals surface area contributed by atoms with E-state index in [0.717, 1.165) is 12.0 Å². The lowest BCUT2D eigenvalue weighted by Crippen LogP contribution is -2.14. The van der Waals surface area contributed by atoms with E-state index in [9.17, 15) is 4.79 Å².